The summed E-state index contributed by atoms with van der Waals surface area (Å²) < 4.78 is 5.05. The van der Waals surface area contributed by atoms with Crippen LogP contribution in [0.25, 0.3) is 6.08 Å². The third kappa shape index (κ3) is 3.81. The number of carbonyl (C=O) groups is 2. The second-order valence-electron chi connectivity index (χ2n) is 5.33. The van der Waals surface area contributed by atoms with Crippen molar-refractivity contribution in [2.75, 3.05) is 7.11 Å². The van der Waals surface area contributed by atoms with Crippen LogP contribution >= 0.6 is 23.4 Å². The van der Waals surface area contributed by atoms with E-state index in [0.717, 1.165) is 17.3 Å². The molecule has 0 aromatic heterocycles. The van der Waals surface area contributed by atoms with Crippen LogP contribution < -0.4 is 4.74 Å². The van der Waals surface area contributed by atoms with E-state index in [0.29, 0.717) is 21.2 Å². The number of aromatic hydroxyl groups is 1. The molecule has 1 aliphatic rings. The van der Waals surface area contributed by atoms with E-state index in [-0.39, 0.29) is 23.4 Å². The summed E-state index contributed by atoms with van der Waals surface area (Å²) >= 11 is 6.73. The monoisotopic (exact) mass is 375 g/mol. The molecule has 0 spiro atoms. The molecular formula is C18H14ClNO4S. The molecule has 0 radical (unpaired) electrons. The van der Waals surface area contributed by atoms with Crippen LogP contribution in [-0.4, -0.2) is 28.3 Å². The molecule has 3 rings (SSSR count). The number of methoxy groups -OCH3 is 1. The number of phenolic OH excluding ortho intramolecular Hbond substituents is 1. The first-order valence-electron chi connectivity index (χ1n) is 7.35. The van der Waals surface area contributed by atoms with Gasteiger partial charge in [-0.1, -0.05) is 29.8 Å². The van der Waals surface area contributed by atoms with Gasteiger partial charge in [0.15, 0.2) is 11.5 Å². The number of amides is 2. The van der Waals surface area contributed by atoms with E-state index in [1.807, 2.05) is 0 Å². The predicted molar refractivity (Wildman–Crippen MR) is 97.6 cm³/mol. The highest BCUT2D eigenvalue weighted by Crippen LogP contribution is 2.35. The smallest absolute Gasteiger partial charge is 0.293 e. The lowest BCUT2D eigenvalue weighted by Gasteiger charge is -2.12. The van der Waals surface area contributed by atoms with Crippen LogP contribution in [0.5, 0.6) is 11.5 Å². The number of carbonyl (C=O) groups excluding carboxylic acids is 2. The molecule has 7 heteroatoms. The molecular weight excluding hydrogens is 362 g/mol. The van der Waals surface area contributed by atoms with E-state index >= 15 is 0 Å². The number of thioether (sulfide) groups is 1. The van der Waals surface area contributed by atoms with E-state index in [4.69, 9.17) is 16.3 Å². The molecule has 25 heavy (non-hydrogen) atoms. The summed E-state index contributed by atoms with van der Waals surface area (Å²) in [6.07, 6.45) is 1.61. The minimum atomic E-state index is -0.350. The average Bonchev–Trinajstić information content (AvgIpc) is 2.86. The Balaban J connectivity index is 1.82. The third-order valence-corrected chi connectivity index (χ3v) is 4.79. The zero-order valence-electron chi connectivity index (χ0n) is 13.2. The highest BCUT2D eigenvalue weighted by atomic mass is 35.5. The maximum atomic E-state index is 12.5. The maximum Gasteiger partial charge on any atom is 0.293 e. The quantitative estimate of drug-likeness (QED) is 0.807. The van der Waals surface area contributed by atoms with Crippen molar-refractivity contribution in [3.63, 3.8) is 0 Å². The summed E-state index contributed by atoms with van der Waals surface area (Å²) in [4.78, 5) is 26.2. The Hall–Kier alpha value is -2.44. The van der Waals surface area contributed by atoms with Crippen LogP contribution in [0.3, 0.4) is 0 Å². The van der Waals surface area contributed by atoms with Crippen LogP contribution in [0.15, 0.2) is 47.4 Å². The molecule has 0 aliphatic carbocycles. The number of nitrogens with zero attached hydrogens (tertiary/aromatic N) is 1. The average molecular weight is 376 g/mol. The summed E-state index contributed by atoms with van der Waals surface area (Å²) in [5.74, 6) is -0.0402. The van der Waals surface area contributed by atoms with Crippen LogP contribution in [0.2, 0.25) is 5.02 Å². The fourth-order valence-electron chi connectivity index (χ4n) is 2.34. The Bertz CT molecular complexity index is 864. The Morgan fingerprint density at radius 2 is 1.92 bits per heavy atom. The minimum Gasteiger partial charge on any atom is -0.504 e. The minimum absolute atomic E-state index is 0.00972. The highest BCUT2D eigenvalue weighted by molar-refractivity contribution is 8.18. The SMILES string of the molecule is COc1cc(/C=C2/SC(=O)N(Cc3ccc(Cl)cc3)C2=O)ccc1O. The van der Waals surface area contributed by atoms with Crippen molar-refractivity contribution in [2.45, 2.75) is 6.54 Å². The first kappa shape index (κ1) is 17.4. The van der Waals surface area contributed by atoms with Crippen molar-refractivity contribution in [1.82, 2.24) is 4.90 Å². The molecule has 2 aromatic carbocycles. The van der Waals surface area contributed by atoms with Gasteiger partial charge in [0.25, 0.3) is 11.1 Å². The molecule has 1 fully saturated rings. The van der Waals surface area contributed by atoms with Crippen molar-refractivity contribution in [1.29, 1.82) is 0 Å². The van der Waals surface area contributed by atoms with Gasteiger partial charge in [-0.05, 0) is 53.2 Å². The number of phenols is 1. The lowest BCUT2D eigenvalue weighted by molar-refractivity contribution is -0.123. The number of ether oxygens (including phenoxy) is 1. The number of halogens is 1. The fourth-order valence-corrected chi connectivity index (χ4v) is 3.31. The van der Waals surface area contributed by atoms with Crippen molar-refractivity contribution in [3.05, 3.63) is 63.5 Å². The molecule has 0 saturated carbocycles. The van der Waals surface area contributed by atoms with Gasteiger partial charge in [0, 0.05) is 5.02 Å². The standard InChI is InChI=1S/C18H14ClNO4S/c1-24-15-8-12(4-7-14(15)21)9-16-17(22)20(18(23)25-16)10-11-2-5-13(19)6-3-11/h2-9,21H,10H2,1H3/b16-9+. The Morgan fingerprint density at radius 1 is 1.20 bits per heavy atom. The van der Waals surface area contributed by atoms with Gasteiger partial charge >= 0.3 is 0 Å². The lowest BCUT2D eigenvalue weighted by Crippen LogP contribution is -2.27. The summed E-state index contributed by atoms with van der Waals surface area (Å²) in [7, 11) is 1.44. The van der Waals surface area contributed by atoms with Crippen molar-refractivity contribution < 1.29 is 19.4 Å². The van der Waals surface area contributed by atoms with Gasteiger partial charge in [-0.2, -0.15) is 0 Å². The summed E-state index contributed by atoms with van der Waals surface area (Å²) in [6.45, 7) is 0.193. The van der Waals surface area contributed by atoms with E-state index < -0.39 is 0 Å². The molecule has 0 bridgehead atoms. The van der Waals surface area contributed by atoms with Crippen molar-refractivity contribution >= 4 is 40.6 Å². The van der Waals surface area contributed by atoms with Gasteiger partial charge in [-0.25, -0.2) is 0 Å². The van der Waals surface area contributed by atoms with Crippen LogP contribution in [0, 0.1) is 0 Å². The van der Waals surface area contributed by atoms with Gasteiger partial charge in [0.2, 0.25) is 0 Å². The zero-order valence-corrected chi connectivity index (χ0v) is 14.8. The number of hydrogen-bond acceptors (Lipinski definition) is 5. The van der Waals surface area contributed by atoms with Crippen LogP contribution in [0.4, 0.5) is 4.79 Å². The van der Waals surface area contributed by atoms with Crippen LogP contribution in [-0.2, 0) is 11.3 Å². The Labute approximate surface area is 153 Å². The topological polar surface area (TPSA) is 66.8 Å². The number of imide groups is 1. The molecule has 5 nitrogen and oxygen atoms in total. The van der Waals surface area contributed by atoms with Crippen LogP contribution in [0.1, 0.15) is 11.1 Å². The lowest BCUT2D eigenvalue weighted by atomic mass is 10.1. The summed E-state index contributed by atoms with van der Waals surface area (Å²) in [5, 5.41) is 9.90. The summed E-state index contributed by atoms with van der Waals surface area (Å²) in [6, 6.07) is 11.7. The van der Waals surface area contributed by atoms with E-state index in [9.17, 15) is 14.7 Å². The molecule has 2 amide bonds. The first-order chi connectivity index (χ1) is 12.0. The van der Waals surface area contributed by atoms with Gasteiger partial charge < -0.3 is 9.84 Å². The molecule has 128 valence electrons. The van der Waals surface area contributed by atoms with E-state index in [1.165, 1.54) is 18.1 Å². The summed E-state index contributed by atoms with van der Waals surface area (Å²) in [5.41, 5.74) is 1.48. The van der Waals surface area contributed by atoms with Gasteiger partial charge in [-0.3, -0.25) is 14.5 Å². The fraction of sp³-hybridized carbons (Fsp3) is 0.111. The second kappa shape index (κ2) is 7.21. The molecule has 1 N–H and O–H groups in total. The molecule has 0 atom stereocenters. The van der Waals surface area contributed by atoms with Crippen molar-refractivity contribution in [2.24, 2.45) is 0 Å². The zero-order chi connectivity index (χ0) is 18.0. The van der Waals surface area contributed by atoms with Crippen molar-refractivity contribution in [3.8, 4) is 11.5 Å². The first-order valence-corrected chi connectivity index (χ1v) is 8.54. The number of hydrogen-bond donors (Lipinski definition) is 1. The second-order valence-corrected chi connectivity index (χ2v) is 6.76. The van der Waals surface area contributed by atoms with Gasteiger partial charge in [-0.15, -0.1) is 0 Å². The highest BCUT2D eigenvalue weighted by Gasteiger charge is 2.34. The molecule has 2 aromatic rings. The third-order valence-electron chi connectivity index (χ3n) is 3.63. The van der Waals surface area contributed by atoms with Gasteiger partial charge in [0.1, 0.15) is 0 Å². The largest absolute Gasteiger partial charge is 0.504 e. The maximum absolute atomic E-state index is 12.5. The number of rotatable bonds is 4. The molecule has 1 heterocycles. The Morgan fingerprint density at radius 3 is 2.60 bits per heavy atom. The number of benzene rings is 2. The van der Waals surface area contributed by atoms with E-state index in [1.54, 1.807) is 42.5 Å². The molecule has 1 saturated heterocycles. The normalized spacial score (nSPS) is 15.9. The van der Waals surface area contributed by atoms with E-state index in [2.05, 4.69) is 0 Å². The molecule has 0 unspecified atom stereocenters. The van der Waals surface area contributed by atoms with Gasteiger partial charge in [0.05, 0.1) is 18.6 Å². The Kier molecular flexibility index (Phi) is 5.01. The predicted octanol–water partition coefficient (Wildman–Crippen LogP) is 4.29. The molecule has 1 aliphatic heterocycles.